The predicted octanol–water partition coefficient (Wildman–Crippen LogP) is -0.919. The molecule has 0 aliphatic rings. The molecule has 1 rings (SSSR count). The fraction of sp³-hybridized carbons (Fsp3) is 0.600. The molecule has 0 spiro atoms. The molecule has 18 heavy (non-hydrogen) atoms. The fourth-order valence-electron chi connectivity index (χ4n) is 1.53. The van der Waals surface area contributed by atoms with Crippen LogP contribution in [-0.4, -0.2) is 24.1 Å². The normalized spacial score (nSPS) is 11.8. The smallest absolute Gasteiger partial charge is 0.300 e. The molecular weight excluding hydrogens is 258 g/mol. The van der Waals surface area contributed by atoms with Crippen LogP contribution < -0.4 is 16.0 Å². The Balaban J connectivity index is 3.62. The number of aromatic nitrogens is 2. The van der Waals surface area contributed by atoms with Crippen LogP contribution in [0.1, 0.15) is 19.0 Å². The van der Waals surface area contributed by atoms with Gasteiger partial charge in [0.15, 0.2) is 4.90 Å². The SMILES string of the molecule is CCCNS(=O)(=O)c1c(C)n(C)c(=O)n(C)c1=O. The maximum atomic E-state index is 12.0. The molecule has 0 atom stereocenters. The molecule has 7 nitrogen and oxygen atoms in total. The van der Waals surface area contributed by atoms with Gasteiger partial charge in [0.05, 0.1) is 0 Å². The Morgan fingerprint density at radius 1 is 1.17 bits per heavy atom. The first-order valence-electron chi connectivity index (χ1n) is 5.50. The van der Waals surface area contributed by atoms with E-state index in [0.717, 1.165) is 9.13 Å². The van der Waals surface area contributed by atoms with Crippen molar-refractivity contribution < 1.29 is 8.42 Å². The zero-order chi connectivity index (χ0) is 14.1. The van der Waals surface area contributed by atoms with Gasteiger partial charge in [-0.05, 0) is 13.3 Å². The van der Waals surface area contributed by atoms with Crippen LogP contribution in [0.15, 0.2) is 14.5 Å². The standard InChI is InChI=1S/C10H17N3O4S/c1-5-6-11-18(16,17)8-7(2)12(3)10(15)13(4)9(8)14/h11H,5-6H2,1-4H3. The third-order valence-electron chi connectivity index (χ3n) is 2.72. The van der Waals surface area contributed by atoms with Crippen LogP contribution in [0.25, 0.3) is 0 Å². The Morgan fingerprint density at radius 2 is 1.72 bits per heavy atom. The summed E-state index contributed by atoms with van der Waals surface area (Å²) in [6, 6.07) is 0. The summed E-state index contributed by atoms with van der Waals surface area (Å²) in [5.41, 5.74) is -1.22. The average Bonchev–Trinajstić information content (AvgIpc) is 2.31. The molecule has 1 aromatic heterocycles. The number of nitrogens with zero attached hydrogens (tertiary/aromatic N) is 2. The molecule has 0 saturated heterocycles. The zero-order valence-corrected chi connectivity index (χ0v) is 11.7. The lowest BCUT2D eigenvalue weighted by atomic mass is 10.4. The van der Waals surface area contributed by atoms with Gasteiger partial charge in [-0.1, -0.05) is 6.92 Å². The van der Waals surface area contributed by atoms with E-state index in [-0.39, 0.29) is 17.1 Å². The van der Waals surface area contributed by atoms with Crippen LogP contribution in [0.4, 0.5) is 0 Å². The molecule has 1 heterocycles. The first kappa shape index (κ1) is 14.7. The van der Waals surface area contributed by atoms with Gasteiger partial charge >= 0.3 is 5.69 Å². The summed E-state index contributed by atoms with van der Waals surface area (Å²) in [5.74, 6) is 0. The summed E-state index contributed by atoms with van der Waals surface area (Å²) in [5, 5.41) is 0. The van der Waals surface area contributed by atoms with Crippen molar-refractivity contribution in [1.82, 2.24) is 13.9 Å². The lowest BCUT2D eigenvalue weighted by molar-refractivity contribution is 0.565. The van der Waals surface area contributed by atoms with Gasteiger partial charge < -0.3 is 0 Å². The van der Waals surface area contributed by atoms with Gasteiger partial charge in [0.1, 0.15) is 0 Å². The van der Waals surface area contributed by atoms with Crippen LogP contribution in [0.3, 0.4) is 0 Å². The fourth-order valence-corrected chi connectivity index (χ4v) is 3.04. The van der Waals surface area contributed by atoms with E-state index in [1.54, 1.807) is 0 Å². The number of hydrogen-bond donors (Lipinski definition) is 1. The summed E-state index contributed by atoms with van der Waals surface area (Å²) in [6.45, 7) is 3.49. The molecule has 0 aliphatic carbocycles. The van der Waals surface area contributed by atoms with Crippen LogP contribution in [0.2, 0.25) is 0 Å². The minimum absolute atomic E-state index is 0.131. The topological polar surface area (TPSA) is 90.2 Å². The minimum Gasteiger partial charge on any atom is -0.300 e. The molecule has 1 aromatic rings. The van der Waals surface area contributed by atoms with Crippen LogP contribution in [0, 0.1) is 6.92 Å². The van der Waals surface area contributed by atoms with E-state index < -0.39 is 21.3 Å². The monoisotopic (exact) mass is 275 g/mol. The van der Waals surface area contributed by atoms with Crippen molar-refractivity contribution in [3.05, 3.63) is 26.5 Å². The highest BCUT2D eigenvalue weighted by molar-refractivity contribution is 7.89. The molecular formula is C10H17N3O4S. The Kier molecular flexibility index (Phi) is 4.12. The molecule has 102 valence electrons. The molecule has 0 amide bonds. The van der Waals surface area contributed by atoms with Gasteiger partial charge in [0, 0.05) is 26.3 Å². The maximum absolute atomic E-state index is 12.0. The van der Waals surface area contributed by atoms with E-state index in [2.05, 4.69) is 4.72 Å². The second-order valence-electron chi connectivity index (χ2n) is 4.02. The highest BCUT2D eigenvalue weighted by atomic mass is 32.2. The van der Waals surface area contributed by atoms with Gasteiger partial charge in [0.25, 0.3) is 5.56 Å². The average molecular weight is 275 g/mol. The molecule has 0 saturated carbocycles. The third-order valence-corrected chi connectivity index (χ3v) is 4.31. The second kappa shape index (κ2) is 5.07. The van der Waals surface area contributed by atoms with Gasteiger partial charge in [-0.2, -0.15) is 0 Å². The van der Waals surface area contributed by atoms with Crippen LogP contribution in [-0.2, 0) is 24.1 Å². The van der Waals surface area contributed by atoms with E-state index in [4.69, 9.17) is 0 Å². The lowest BCUT2D eigenvalue weighted by Crippen LogP contribution is -2.43. The molecule has 0 unspecified atom stereocenters. The van der Waals surface area contributed by atoms with E-state index in [1.807, 2.05) is 6.92 Å². The summed E-state index contributed by atoms with van der Waals surface area (Å²) in [6.07, 6.45) is 0.615. The van der Waals surface area contributed by atoms with Crippen LogP contribution >= 0.6 is 0 Å². The molecule has 0 aliphatic heterocycles. The van der Waals surface area contributed by atoms with Crippen LogP contribution in [0.5, 0.6) is 0 Å². The first-order chi connectivity index (χ1) is 8.24. The quantitative estimate of drug-likeness (QED) is 0.769. The van der Waals surface area contributed by atoms with E-state index in [9.17, 15) is 18.0 Å². The summed E-state index contributed by atoms with van der Waals surface area (Å²) >= 11 is 0. The van der Waals surface area contributed by atoms with Crippen molar-refractivity contribution in [2.75, 3.05) is 6.54 Å². The van der Waals surface area contributed by atoms with Crippen molar-refractivity contribution >= 4 is 10.0 Å². The van der Waals surface area contributed by atoms with Crippen molar-refractivity contribution in [2.24, 2.45) is 14.1 Å². The van der Waals surface area contributed by atoms with Gasteiger partial charge in [-0.15, -0.1) is 0 Å². The second-order valence-corrected chi connectivity index (χ2v) is 5.72. The van der Waals surface area contributed by atoms with E-state index in [0.29, 0.717) is 6.42 Å². The Morgan fingerprint density at radius 3 is 2.22 bits per heavy atom. The van der Waals surface area contributed by atoms with Crippen molar-refractivity contribution in [2.45, 2.75) is 25.2 Å². The molecule has 0 aromatic carbocycles. The number of rotatable bonds is 4. The zero-order valence-electron chi connectivity index (χ0n) is 10.8. The Labute approximate surface area is 105 Å². The summed E-state index contributed by atoms with van der Waals surface area (Å²) < 4.78 is 28.3. The summed E-state index contributed by atoms with van der Waals surface area (Å²) in [7, 11) is -1.21. The Hall–Kier alpha value is -1.41. The lowest BCUT2D eigenvalue weighted by Gasteiger charge is -2.12. The van der Waals surface area contributed by atoms with Crippen molar-refractivity contribution in [1.29, 1.82) is 0 Å². The molecule has 8 heteroatoms. The largest absolute Gasteiger partial charge is 0.330 e. The van der Waals surface area contributed by atoms with Crippen molar-refractivity contribution in [3.63, 3.8) is 0 Å². The van der Waals surface area contributed by atoms with E-state index >= 15 is 0 Å². The highest BCUT2D eigenvalue weighted by Gasteiger charge is 2.24. The van der Waals surface area contributed by atoms with Gasteiger partial charge in [0.2, 0.25) is 10.0 Å². The number of nitrogens with one attached hydrogen (secondary N) is 1. The highest BCUT2D eigenvalue weighted by Crippen LogP contribution is 2.06. The molecule has 0 bridgehead atoms. The van der Waals surface area contributed by atoms with Crippen molar-refractivity contribution in [3.8, 4) is 0 Å². The maximum Gasteiger partial charge on any atom is 0.330 e. The predicted molar refractivity (Wildman–Crippen MR) is 67.1 cm³/mol. The molecule has 0 fully saturated rings. The minimum atomic E-state index is -3.89. The molecule has 1 N–H and O–H groups in total. The van der Waals surface area contributed by atoms with Gasteiger partial charge in [-0.25, -0.2) is 17.9 Å². The van der Waals surface area contributed by atoms with E-state index in [1.165, 1.54) is 21.0 Å². The number of hydrogen-bond acceptors (Lipinski definition) is 4. The summed E-state index contributed by atoms with van der Waals surface area (Å²) in [4.78, 5) is 23.1. The van der Waals surface area contributed by atoms with Gasteiger partial charge in [-0.3, -0.25) is 13.9 Å². The Bertz CT molecular complexity index is 670. The number of sulfonamides is 1. The molecule has 0 radical (unpaired) electrons. The third kappa shape index (κ3) is 2.39. The first-order valence-corrected chi connectivity index (χ1v) is 6.98.